The van der Waals surface area contributed by atoms with Crippen LogP contribution in [-0.4, -0.2) is 65.2 Å². The molecule has 0 aliphatic carbocycles. The predicted octanol–water partition coefficient (Wildman–Crippen LogP) is 1.99. The summed E-state index contributed by atoms with van der Waals surface area (Å²) in [5, 5.41) is 16.0. The van der Waals surface area contributed by atoms with E-state index >= 15 is 0 Å². The SMILES string of the molecule is CC(C)N1OOC(C2CCN(c3ncnc(Nc4ccc(S(C)(=O)=O)cn4)c3[N+](=O)[O-])CC2)O1. The van der Waals surface area contributed by atoms with Gasteiger partial charge in [0.25, 0.3) is 0 Å². The maximum absolute atomic E-state index is 11.9. The summed E-state index contributed by atoms with van der Waals surface area (Å²) in [4.78, 5) is 41.5. The van der Waals surface area contributed by atoms with Crippen LogP contribution in [0.15, 0.2) is 29.6 Å². The Morgan fingerprint density at radius 1 is 1.21 bits per heavy atom. The van der Waals surface area contributed by atoms with Crippen molar-refractivity contribution in [1.29, 1.82) is 0 Å². The number of hydroxylamine groups is 2. The number of nitro groups is 1. The molecule has 0 spiro atoms. The van der Waals surface area contributed by atoms with Gasteiger partial charge in [0.2, 0.25) is 17.9 Å². The van der Waals surface area contributed by atoms with Crippen LogP contribution < -0.4 is 10.2 Å². The van der Waals surface area contributed by atoms with Gasteiger partial charge in [-0.2, -0.15) is 4.89 Å². The minimum absolute atomic E-state index is 0.00301. The van der Waals surface area contributed by atoms with Crippen LogP contribution in [0.2, 0.25) is 0 Å². The molecule has 0 radical (unpaired) electrons. The molecule has 184 valence electrons. The normalized spacial score (nSPS) is 20.1. The van der Waals surface area contributed by atoms with Gasteiger partial charge >= 0.3 is 5.69 Å². The fraction of sp³-hybridized carbons (Fsp3) is 0.526. The van der Waals surface area contributed by atoms with Crippen LogP contribution in [0.1, 0.15) is 26.7 Å². The first kappa shape index (κ1) is 24.2. The number of hydrogen-bond acceptors (Lipinski definition) is 13. The molecule has 34 heavy (non-hydrogen) atoms. The van der Waals surface area contributed by atoms with E-state index in [9.17, 15) is 18.5 Å². The molecule has 0 bridgehead atoms. The molecule has 2 aromatic rings. The molecule has 0 amide bonds. The first-order valence-electron chi connectivity index (χ1n) is 10.6. The van der Waals surface area contributed by atoms with Crippen LogP contribution in [0.4, 0.5) is 23.1 Å². The Hall–Kier alpha value is -2.98. The van der Waals surface area contributed by atoms with Crippen molar-refractivity contribution in [2.75, 3.05) is 29.6 Å². The summed E-state index contributed by atoms with van der Waals surface area (Å²) in [7, 11) is -3.41. The zero-order valence-electron chi connectivity index (χ0n) is 18.8. The Morgan fingerprint density at radius 2 is 1.94 bits per heavy atom. The molecule has 2 aliphatic heterocycles. The summed E-state index contributed by atoms with van der Waals surface area (Å²) < 4.78 is 23.2. The van der Waals surface area contributed by atoms with E-state index in [0.29, 0.717) is 25.9 Å². The third-order valence-electron chi connectivity index (χ3n) is 5.46. The molecule has 4 rings (SSSR count). The van der Waals surface area contributed by atoms with Gasteiger partial charge in [-0.15, -0.1) is 4.99 Å². The molecular formula is C19H25N7O7S. The van der Waals surface area contributed by atoms with Crippen molar-refractivity contribution in [1.82, 2.24) is 20.2 Å². The molecule has 1 atom stereocenters. The Balaban J connectivity index is 1.48. The number of piperidine rings is 1. The fourth-order valence-electron chi connectivity index (χ4n) is 3.63. The third-order valence-corrected chi connectivity index (χ3v) is 6.56. The summed E-state index contributed by atoms with van der Waals surface area (Å²) in [5.74, 6) is 0.405. The van der Waals surface area contributed by atoms with E-state index in [1.54, 1.807) is 0 Å². The van der Waals surface area contributed by atoms with Gasteiger partial charge in [0, 0.05) is 31.5 Å². The van der Waals surface area contributed by atoms with Crippen molar-refractivity contribution in [2.45, 2.75) is 43.9 Å². The highest BCUT2D eigenvalue weighted by molar-refractivity contribution is 7.90. The summed E-state index contributed by atoms with van der Waals surface area (Å²) >= 11 is 0. The zero-order valence-corrected chi connectivity index (χ0v) is 19.6. The molecule has 2 fully saturated rings. The van der Waals surface area contributed by atoms with Crippen LogP contribution in [-0.2, 0) is 24.6 Å². The molecule has 2 aromatic heterocycles. The monoisotopic (exact) mass is 495 g/mol. The lowest BCUT2D eigenvalue weighted by molar-refractivity contribution is -0.424. The number of rotatable bonds is 7. The van der Waals surface area contributed by atoms with E-state index in [4.69, 9.17) is 14.7 Å². The second-order valence-corrected chi connectivity index (χ2v) is 10.3. The van der Waals surface area contributed by atoms with Crippen molar-refractivity contribution in [2.24, 2.45) is 5.92 Å². The number of pyridine rings is 1. The van der Waals surface area contributed by atoms with Crippen molar-refractivity contribution < 1.29 is 28.1 Å². The Bertz CT molecular complexity index is 1140. The summed E-state index contributed by atoms with van der Waals surface area (Å²) in [5.41, 5.74) is -0.294. The van der Waals surface area contributed by atoms with E-state index in [0.717, 1.165) is 6.26 Å². The highest BCUT2D eigenvalue weighted by atomic mass is 32.2. The third kappa shape index (κ3) is 5.23. The molecule has 4 heterocycles. The number of nitrogens with zero attached hydrogens (tertiary/aromatic N) is 6. The highest BCUT2D eigenvalue weighted by Crippen LogP contribution is 2.36. The minimum Gasteiger partial charge on any atom is -0.351 e. The Labute approximate surface area is 195 Å². The molecule has 1 unspecified atom stereocenters. The van der Waals surface area contributed by atoms with Crippen LogP contribution in [0.5, 0.6) is 0 Å². The average Bonchev–Trinajstić information content (AvgIpc) is 3.29. The van der Waals surface area contributed by atoms with E-state index in [1.165, 1.54) is 29.9 Å². The van der Waals surface area contributed by atoms with Crippen molar-refractivity contribution in [3.8, 4) is 0 Å². The summed E-state index contributed by atoms with van der Waals surface area (Å²) in [6.45, 7) is 4.80. The first-order chi connectivity index (χ1) is 16.1. The maximum Gasteiger partial charge on any atom is 0.353 e. The molecule has 2 aliphatic rings. The molecule has 15 heteroatoms. The van der Waals surface area contributed by atoms with Gasteiger partial charge in [-0.25, -0.2) is 28.2 Å². The summed E-state index contributed by atoms with van der Waals surface area (Å²) in [6, 6.07) is 2.77. The lowest BCUT2D eigenvalue weighted by atomic mass is 9.96. The first-order valence-corrected chi connectivity index (χ1v) is 12.5. The van der Waals surface area contributed by atoms with Gasteiger partial charge in [-0.1, -0.05) is 0 Å². The number of anilines is 3. The quantitative estimate of drug-likeness (QED) is 0.337. The zero-order chi connectivity index (χ0) is 24.5. The average molecular weight is 496 g/mol. The maximum atomic E-state index is 11.9. The lowest BCUT2D eigenvalue weighted by Crippen LogP contribution is -2.39. The molecule has 1 N–H and O–H groups in total. The Kier molecular flexibility index (Phi) is 6.90. The van der Waals surface area contributed by atoms with Gasteiger partial charge < -0.3 is 10.2 Å². The van der Waals surface area contributed by atoms with Crippen LogP contribution in [0.3, 0.4) is 0 Å². The fourth-order valence-corrected chi connectivity index (χ4v) is 4.19. The highest BCUT2D eigenvalue weighted by Gasteiger charge is 2.38. The summed E-state index contributed by atoms with van der Waals surface area (Å²) in [6.07, 6.45) is 4.24. The van der Waals surface area contributed by atoms with Crippen molar-refractivity contribution in [3.05, 3.63) is 34.8 Å². The van der Waals surface area contributed by atoms with E-state index in [-0.39, 0.29) is 40.0 Å². The molecular weight excluding hydrogens is 470 g/mol. The van der Waals surface area contributed by atoms with E-state index < -0.39 is 21.1 Å². The number of sulfone groups is 1. The molecule has 2 saturated heterocycles. The molecule has 14 nitrogen and oxygen atoms in total. The second-order valence-electron chi connectivity index (χ2n) is 8.28. The van der Waals surface area contributed by atoms with Gasteiger partial charge in [-0.05, 0) is 44.0 Å². The van der Waals surface area contributed by atoms with Crippen LogP contribution >= 0.6 is 0 Å². The van der Waals surface area contributed by atoms with E-state index in [2.05, 4.69) is 20.3 Å². The standard InChI is InChI=1S/C19H25N7O7S/c1-12(2)26-31-19(32-33-26)13-6-8-24(9-7-13)18-16(25(27)28)17(21-11-22-18)23-15-5-4-14(10-20-15)34(3,29)30/h4-5,10-13,19H,6-9H2,1-3H3,(H,20,21,22,23). The molecule has 0 aromatic carbocycles. The predicted molar refractivity (Wildman–Crippen MR) is 118 cm³/mol. The number of aromatic nitrogens is 3. The van der Waals surface area contributed by atoms with Gasteiger partial charge in [0.05, 0.1) is 15.9 Å². The van der Waals surface area contributed by atoms with Gasteiger partial charge in [0.1, 0.15) is 12.1 Å². The number of nitrogens with one attached hydrogen (secondary N) is 1. The van der Waals surface area contributed by atoms with Crippen molar-refractivity contribution in [3.63, 3.8) is 0 Å². The number of hydrogen-bond donors (Lipinski definition) is 1. The van der Waals surface area contributed by atoms with Gasteiger partial charge in [-0.3, -0.25) is 10.1 Å². The molecule has 0 saturated carbocycles. The van der Waals surface area contributed by atoms with Gasteiger partial charge in [0.15, 0.2) is 9.84 Å². The van der Waals surface area contributed by atoms with Crippen LogP contribution in [0, 0.1) is 16.0 Å². The Morgan fingerprint density at radius 3 is 2.50 bits per heavy atom. The lowest BCUT2D eigenvalue weighted by Gasteiger charge is -2.33. The van der Waals surface area contributed by atoms with E-state index in [1.807, 2.05) is 18.7 Å². The van der Waals surface area contributed by atoms with Crippen LogP contribution in [0.25, 0.3) is 0 Å². The smallest absolute Gasteiger partial charge is 0.351 e. The van der Waals surface area contributed by atoms with Crippen molar-refractivity contribution >= 4 is 33.0 Å². The topological polar surface area (TPSA) is 162 Å². The minimum atomic E-state index is -3.41. The second kappa shape index (κ2) is 9.71. The largest absolute Gasteiger partial charge is 0.353 e.